The van der Waals surface area contributed by atoms with Gasteiger partial charge < -0.3 is 5.32 Å². The molecule has 0 bridgehead atoms. The molecule has 0 radical (unpaired) electrons. The second-order valence-electron chi connectivity index (χ2n) is 4.84. The van der Waals surface area contributed by atoms with E-state index >= 15 is 0 Å². The van der Waals surface area contributed by atoms with Crippen LogP contribution in [0.3, 0.4) is 0 Å². The molecule has 0 aromatic heterocycles. The van der Waals surface area contributed by atoms with Crippen LogP contribution in [0.5, 0.6) is 0 Å². The maximum atomic E-state index is 13.3. The first-order valence-electron chi connectivity index (χ1n) is 6.44. The van der Waals surface area contributed by atoms with Crippen molar-refractivity contribution in [2.75, 3.05) is 0 Å². The molecule has 0 saturated carbocycles. The molecule has 106 valence electrons. The van der Waals surface area contributed by atoms with Gasteiger partial charge in [-0.05, 0) is 65.2 Å². The van der Waals surface area contributed by atoms with E-state index < -0.39 is 0 Å². The van der Waals surface area contributed by atoms with Crippen LogP contribution in [0.1, 0.15) is 37.1 Å². The molecular formula is C16H16BrClFN. The molecule has 0 amide bonds. The predicted molar refractivity (Wildman–Crippen MR) is 85.5 cm³/mol. The molecule has 0 fully saturated rings. The highest BCUT2D eigenvalue weighted by atomic mass is 79.9. The Morgan fingerprint density at radius 2 is 1.70 bits per heavy atom. The Kier molecular flexibility index (Phi) is 5.19. The minimum absolute atomic E-state index is 0.112. The number of hydrogen-bond donors (Lipinski definition) is 1. The van der Waals surface area contributed by atoms with E-state index in [-0.39, 0.29) is 17.9 Å². The van der Waals surface area contributed by atoms with Crippen LogP contribution in [0.15, 0.2) is 46.9 Å². The highest BCUT2D eigenvalue weighted by Crippen LogP contribution is 2.24. The van der Waals surface area contributed by atoms with E-state index in [0.717, 1.165) is 16.1 Å². The largest absolute Gasteiger partial charge is 0.304 e. The topological polar surface area (TPSA) is 12.0 Å². The first-order chi connectivity index (χ1) is 9.47. The Balaban J connectivity index is 2.10. The molecule has 0 aliphatic heterocycles. The van der Waals surface area contributed by atoms with Crippen molar-refractivity contribution < 1.29 is 4.39 Å². The quantitative estimate of drug-likeness (QED) is 0.746. The van der Waals surface area contributed by atoms with Crippen molar-refractivity contribution in [1.82, 2.24) is 5.32 Å². The summed E-state index contributed by atoms with van der Waals surface area (Å²) >= 11 is 9.22. The van der Waals surface area contributed by atoms with Crippen molar-refractivity contribution in [3.05, 3.63) is 68.9 Å². The van der Waals surface area contributed by atoms with Crippen molar-refractivity contribution in [1.29, 1.82) is 0 Å². The second kappa shape index (κ2) is 6.70. The Labute approximate surface area is 132 Å². The summed E-state index contributed by atoms with van der Waals surface area (Å²) in [5, 5.41) is 4.21. The molecule has 0 heterocycles. The zero-order valence-corrected chi connectivity index (χ0v) is 13.7. The zero-order valence-electron chi connectivity index (χ0n) is 11.3. The lowest BCUT2D eigenvalue weighted by Crippen LogP contribution is -2.22. The number of hydrogen-bond acceptors (Lipinski definition) is 1. The van der Waals surface area contributed by atoms with Crippen molar-refractivity contribution in [3.63, 3.8) is 0 Å². The molecule has 1 N–H and O–H groups in total. The SMILES string of the molecule is CC(NC(C)c1ccc(F)c(Br)c1)c1cccc(Cl)c1. The zero-order chi connectivity index (χ0) is 14.7. The average molecular weight is 357 g/mol. The van der Waals surface area contributed by atoms with Crippen molar-refractivity contribution in [2.45, 2.75) is 25.9 Å². The smallest absolute Gasteiger partial charge is 0.137 e. The van der Waals surface area contributed by atoms with E-state index in [9.17, 15) is 4.39 Å². The van der Waals surface area contributed by atoms with Gasteiger partial charge in [-0.3, -0.25) is 0 Å². The van der Waals surface area contributed by atoms with Crippen LogP contribution < -0.4 is 5.32 Å². The molecule has 2 aromatic rings. The Morgan fingerprint density at radius 1 is 1.05 bits per heavy atom. The summed E-state index contributed by atoms with van der Waals surface area (Å²) in [6.07, 6.45) is 0. The van der Waals surface area contributed by atoms with E-state index in [1.807, 2.05) is 24.3 Å². The first kappa shape index (κ1) is 15.5. The Bertz CT molecular complexity index is 603. The van der Waals surface area contributed by atoms with Crippen LogP contribution >= 0.6 is 27.5 Å². The lowest BCUT2D eigenvalue weighted by atomic mass is 10.0. The fourth-order valence-corrected chi connectivity index (χ4v) is 2.72. The molecule has 4 heteroatoms. The van der Waals surface area contributed by atoms with Gasteiger partial charge in [-0.1, -0.05) is 29.8 Å². The normalized spacial score (nSPS) is 14.1. The van der Waals surface area contributed by atoms with Crippen molar-refractivity contribution in [3.8, 4) is 0 Å². The van der Waals surface area contributed by atoms with Crippen LogP contribution in [-0.2, 0) is 0 Å². The third kappa shape index (κ3) is 3.81. The summed E-state index contributed by atoms with van der Waals surface area (Å²) in [4.78, 5) is 0. The van der Waals surface area contributed by atoms with E-state index in [1.54, 1.807) is 12.1 Å². The van der Waals surface area contributed by atoms with Gasteiger partial charge in [0, 0.05) is 17.1 Å². The lowest BCUT2D eigenvalue weighted by molar-refractivity contribution is 0.493. The van der Waals surface area contributed by atoms with Gasteiger partial charge >= 0.3 is 0 Å². The maximum Gasteiger partial charge on any atom is 0.137 e. The molecule has 0 spiro atoms. The van der Waals surface area contributed by atoms with Crippen LogP contribution in [0.4, 0.5) is 4.39 Å². The predicted octanol–water partition coefficient (Wildman–Crippen LogP) is 5.65. The fraction of sp³-hybridized carbons (Fsp3) is 0.250. The number of nitrogens with one attached hydrogen (secondary N) is 1. The molecule has 2 rings (SSSR count). The van der Waals surface area contributed by atoms with Crippen molar-refractivity contribution >= 4 is 27.5 Å². The highest BCUT2D eigenvalue weighted by molar-refractivity contribution is 9.10. The fourth-order valence-electron chi connectivity index (χ4n) is 2.13. The minimum Gasteiger partial charge on any atom is -0.304 e. The van der Waals surface area contributed by atoms with Crippen LogP contribution in [0, 0.1) is 5.82 Å². The van der Waals surface area contributed by atoms with Gasteiger partial charge in [0.05, 0.1) is 4.47 Å². The molecule has 2 aromatic carbocycles. The van der Waals surface area contributed by atoms with Gasteiger partial charge in [0.25, 0.3) is 0 Å². The molecule has 2 atom stereocenters. The Hall–Kier alpha value is -0.900. The summed E-state index contributed by atoms with van der Waals surface area (Å²) in [6.45, 7) is 4.14. The second-order valence-corrected chi connectivity index (χ2v) is 6.13. The number of halogens is 3. The summed E-state index contributed by atoms with van der Waals surface area (Å²) < 4.78 is 13.7. The maximum absolute atomic E-state index is 13.3. The van der Waals surface area contributed by atoms with Crippen LogP contribution in [-0.4, -0.2) is 0 Å². The molecule has 0 saturated heterocycles. The van der Waals surface area contributed by atoms with E-state index in [4.69, 9.17) is 11.6 Å². The van der Waals surface area contributed by atoms with Crippen LogP contribution in [0.25, 0.3) is 0 Å². The molecule has 2 unspecified atom stereocenters. The lowest BCUT2D eigenvalue weighted by Gasteiger charge is -2.21. The third-order valence-corrected chi connectivity index (χ3v) is 4.14. The third-order valence-electron chi connectivity index (χ3n) is 3.29. The molecule has 1 nitrogen and oxygen atoms in total. The monoisotopic (exact) mass is 355 g/mol. The van der Waals surface area contributed by atoms with E-state index in [2.05, 4.69) is 35.1 Å². The average Bonchev–Trinajstić information content (AvgIpc) is 2.41. The number of benzene rings is 2. The standard InChI is InChI=1S/C16H16BrClFN/c1-10(12-4-3-5-14(18)8-12)20-11(2)13-6-7-16(19)15(17)9-13/h3-11,20H,1-2H3. The summed E-state index contributed by atoms with van der Waals surface area (Å²) in [7, 11) is 0. The summed E-state index contributed by atoms with van der Waals surface area (Å²) in [5.74, 6) is -0.246. The van der Waals surface area contributed by atoms with Gasteiger partial charge in [0.2, 0.25) is 0 Å². The molecule has 0 aliphatic carbocycles. The molecular weight excluding hydrogens is 341 g/mol. The van der Waals surface area contributed by atoms with Gasteiger partial charge in [-0.2, -0.15) is 0 Å². The number of rotatable bonds is 4. The Morgan fingerprint density at radius 3 is 2.30 bits per heavy atom. The summed E-state index contributed by atoms with van der Waals surface area (Å²) in [6, 6.07) is 13.1. The molecule has 20 heavy (non-hydrogen) atoms. The van der Waals surface area contributed by atoms with E-state index in [0.29, 0.717) is 4.47 Å². The summed E-state index contributed by atoms with van der Waals surface area (Å²) in [5.41, 5.74) is 2.16. The van der Waals surface area contributed by atoms with Gasteiger partial charge in [0.15, 0.2) is 0 Å². The highest BCUT2D eigenvalue weighted by Gasteiger charge is 2.12. The van der Waals surface area contributed by atoms with Gasteiger partial charge in [-0.15, -0.1) is 0 Å². The van der Waals surface area contributed by atoms with Gasteiger partial charge in [0.1, 0.15) is 5.82 Å². The first-order valence-corrected chi connectivity index (χ1v) is 7.61. The minimum atomic E-state index is -0.246. The van der Waals surface area contributed by atoms with E-state index in [1.165, 1.54) is 6.07 Å². The van der Waals surface area contributed by atoms with Crippen LogP contribution in [0.2, 0.25) is 5.02 Å². The molecule has 0 aliphatic rings. The van der Waals surface area contributed by atoms with Crippen molar-refractivity contribution in [2.24, 2.45) is 0 Å². The van der Waals surface area contributed by atoms with Gasteiger partial charge in [-0.25, -0.2) is 4.39 Å².